The summed E-state index contributed by atoms with van der Waals surface area (Å²) in [6.45, 7) is 2.78. The van der Waals surface area contributed by atoms with Crippen molar-refractivity contribution in [3.05, 3.63) is 65.9 Å². The fourth-order valence-corrected chi connectivity index (χ4v) is 2.75. The normalized spacial score (nSPS) is 10.4. The number of hydrogen-bond acceptors (Lipinski definition) is 3. The SMILES string of the molecule is COc1ccc(NC(=S)NCc2ccccc2C)c2cccnc12. The lowest BCUT2D eigenvalue weighted by molar-refractivity contribution is 0.419. The van der Waals surface area contributed by atoms with Crippen LogP contribution in [0.5, 0.6) is 5.75 Å². The fourth-order valence-electron chi connectivity index (χ4n) is 2.57. The maximum absolute atomic E-state index is 5.43. The van der Waals surface area contributed by atoms with Crippen molar-refractivity contribution in [2.24, 2.45) is 0 Å². The molecule has 1 heterocycles. The van der Waals surface area contributed by atoms with E-state index < -0.39 is 0 Å². The average Bonchev–Trinajstić information content (AvgIpc) is 2.61. The molecule has 0 bridgehead atoms. The summed E-state index contributed by atoms with van der Waals surface area (Å²) in [5, 5.41) is 8.05. The minimum absolute atomic E-state index is 0.577. The van der Waals surface area contributed by atoms with Crippen molar-refractivity contribution < 1.29 is 4.74 Å². The van der Waals surface area contributed by atoms with Crippen LogP contribution in [0, 0.1) is 6.92 Å². The van der Waals surface area contributed by atoms with Crippen molar-refractivity contribution in [1.82, 2.24) is 10.3 Å². The molecule has 0 saturated carbocycles. The Balaban J connectivity index is 1.75. The van der Waals surface area contributed by atoms with Crippen LogP contribution in [0.4, 0.5) is 5.69 Å². The first-order chi connectivity index (χ1) is 11.7. The molecule has 0 radical (unpaired) electrons. The van der Waals surface area contributed by atoms with Crippen LogP contribution in [0.2, 0.25) is 0 Å². The Morgan fingerprint density at radius 3 is 2.75 bits per heavy atom. The molecule has 122 valence electrons. The van der Waals surface area contributed by atoms with E-state index >= 15 is 0 Å². The average molecular weight is 337 g/mol. The Labute approximate surface area is 146 Å². The van der Waals surface area contributed by atoms with Crippen LogP contribution in [-0.4, -0.2) is 17.2 Å². The Morgan fingerprint density at radius 1 is 1.12 bits per heavy atom. The van der Waals surface area contributed by atoms with Gasteiger partial charge in [-0.25, -0.2) is 0 Å². The van der Waals surface area contributed by atoms with Crippen molar-refractivity contribution in [3.63, 3.8) is 0 Å². The number of nitrogens with one attached hydrogen (secondary N) is 2. The molecule has 0 aliphatic rings. The van der Waals surface area contributed by atoms with Crippen LogP contribution < -0.4 is 15.4 Å². The smallest absolute Gasteiger partial charge is 0.171 e. The molecule has 4 nitrogen and oxygen atoms in total. The van der Waals surface area contributed by atoms with Gasteiger partial charge in [0.1, 0.15) is 11.3 Å². The highest BCUT2D eigenvalue weighted by molar-refractivity contribution is 7.80. The molecule has 3 rings (SSSR count). The van der Waals surface area contributed by atoms with Crippen LogP contribution >= 0.6 is 12.2 Å². The number of nitrogens with zero attached hydrogens (tertiary/aromatic N) is 1. The minimum atomic E-state index is 0.577. The van der Waals surface area contributed by atoms with Crippen molar-refractivity contribution >= 4 is 33.9 Å². The van der Waals surface area contributed by atoms with E-state index in [-0.39, 0.29) is 0 Å². The molecule has 0 saturated heterocycles. The molecule has 5 heteroatoms. The predicted molar refractivity (Wildman–Crippen MR) is 103 cm³/mol. The first kappa shape index (κ1) is 16.2. The van der Waals surface area contributed by atoms with Gasteiger partial charge in [0.25, 0.3) is 0 Å². The van der Waals surface area contributed by atoms with E-state index in [0.29, 0.717) is 11.7 Å². The second kappa shape index (κ2) is 7.27. The summed E-state index contributed by atoms with van der Waals surface area (Å²) in [6.07, 6.45) is 1.75. The standard InChI is InChI=1S/C19H19N3OS/c1-13-6-3-4-7-14(13)12-21-19(24)22-16-9-10-17(23-2)18-15(16)8-5-11-20-18/h3-11H,12H2,1-2H3,(H2,21,22,24). The Hall–Kier alpha value is -2.66. The van der Waals surface area contributed by atoms with Crippen molar-refractivity contribution in [2.75, 3.05) is 12.4 Å². The molecular weight excluding hydrogens is 318 g/mol. The van der Waals surface area contributed by atoms with Crippen molar-refractivity contribution in [3.8, 4) is 5.75 Å². The molecule has 0 aliphatic carbocycles. The highest BCUT2D eigenvalue weighted by Gasteiger charge is 2.08. The Bertz CT molecular complexity index is 879. The van der Waals surface area contributed by atoms with Gasteiger partial charge in [0, 0.05) is 23.8 Å². The van der Waals surface area contributed by atoms with Gasteiger partial charge in [-0.15, -0.1) is 0 Å². The van der Waals surface area contributed by atoms with Gasteiger partial charge in [-0.05, 0) is 54.5 Å². The van der Waals surface area contributed by atoms with Crippen LogP contribution in [0.15, 0.2) is 54.7 Å². The van der Waals surface area contributed by atoms with Gasteiger partial charge in [0.15, 0.2) is 5.11 Å². The van der Waals surface area contributed by atoms with Gasteiger partial charge in [-0.2, -0.15) is 0 Å². The monoisotopic (exact) mass is 337 g/mol. The van der Waals surface area contributed by atoms with E-state index in [9.17, 15) is 0 Å². The predicted octanol–water partition coefficient (Wildman–Crippen LogP) is 4.04. The number of ether oxygens (including phenoxy) is 1. The molecule has 0 amide bonds. The van der Waals surface area contributed by atoms with Crippen LogP contribution in [-0.2, 0) is 6.54 Å². The van der Waals surface area contributed by atoms with Crippen molar-refractivity contribution in [2.45, 2.75) is 13.5 Å². The summed E-state index contributed by atoms with van der Waals surface area (Å²) in [7, 11) is 1.64. The summed E-state index contributed by atoms with van der Waals surface area (Å²) in [5.74, 6) is 0.745. The molecule has 0 atom stereocenters. The lowest BCUT2D eigenvalue weighted by atomic mass is 10.1. The quantitative estimate of drug-likeness (QED) is 0.704. The summed E-state index contributed by atoms with van der Waals surface area (Å²) in [6, 6.07) is 16.0. The van der Waals surface area contributed by atoms with E-state index in [2.05, 4.69) is 34.7 Å². The third-order valence-electron chi connectivity index (χ3n) is 3.90. The summed E-state index contributed by atoms with van der Waals surface area (Å²) < 4.78 is 5.37. The minimum Gasteiger partial charge on any atom is -0.494 e. The maximum Gasteiger partial charge on any atom is 0.171 e. The zero-order chi connectivity index (χ0) is 16.9. The second-order valence-electron chi connectivity index (χ2n) is 5.45. The number of pyridine rings is 1. The van der Waals surface area contributed by atoms with Crippen LogP contribution in [0.25, 0.3) is 10.9 Å². The second-order valence-corrected chi connectivity index (χ2v) is 5.86. The fraction of sp³-hybridized carbons (Fsp3) is 0.158. The molecule has 2 aromatic carbocycles. The maximum atomic E-state index is 5.43. The molecular formula is C19H19N3OS. The summed E-state index contributed by atoms with van der Waals surface area (Å²) >= 11 is 5.43. The van der Waals surface area contributed by atoms with Gasteiger partial charge in [-0.3, -0.25) is 4.98 Å². The first-order valence-electron chi connectivity index (χ1n) is 7.70. The number of methoxy groups -OCH3 is 1. The number of hydrogen-bond donors (Lipinski definition) is 2. The molecule has 3 aromatic rings. The lowest BCUT2D eigenvalue weighted by Gasteiger charge is -2.14. The number of aryl methyl sites for hydroxylation is 1. The number of fused-ring (bicyclic) bond motifs is 1. The molecule has 0 unspecified atom stereocenters. The molecule has 0 spiro atoms. The number of aromatic nitrogens is 1. The Kier molecular flexibility index (Phi) is 4.91. The van der Waals surface area contributed by atoms with E-state index in [1.807, 2.05) is 36.4 Å². The Morgan fingerprint density at radius 2 is 1.96 bits per heavy atom. The highest BCUT2D eigenvalue weighted by atomic mass is 32.1. The lowest BCUT2D eigenvalue weighted by Crippen LogP contribution is -2.28. The largest absolute Gasteiger partial charge is 0.494 e. The van der Waals surface area contributed by atoms with E-state index in [4.69, 9.17) is 17.0 Å². The zero-order valence-corrected chi connectivity index (χ0v) is 14.5. The third-order valence-corrected chi connectivity index (χ3v) is 4.15. The van der Waals surface area contributed by atoms with Gasteiger partial charge in [0.05, 0.1) is 7.11 Å². The summed E-state index contributed by atoms with van der Waals surface area (Å²) in [4.78, 5) is 4.40. The summed E-state index contributed by atoms with van der Waals surface area (Å²) in [5.41, 5.74) is 4.18. The topological polar surface area (TPSA) is 46.2 Å². The van der Waals surface area contributed by atoms with Crippen LogP contribution in [0.3, 0.4) is 0 Å². The number of anilines is 1. The molecule has 2 N–H and O–H groups in total. The molecule has 1 aromatic heterocycles. The van der Waals surface area contributed by atoms with Gasteiger partial charge in [-0.1, -0.05) is 24.3 Å². The number of thiocarbonyl (C=S) groups is 1. The molecule has 24 heavy (non-hydrogen) atoms. The highest BCUT2D eigenvalue weighted by Crippen LogP contribution is 2.29. The van der Waals surface area contributed by atoms with Gasteiger partial charge >= 0.3 is 0 Å². The molecule has 0 aliphatic heterocycles. The van der Waals surface area contributed by atoms with E-state index in [0.717, 1.165) is 22.3 Å². The van der Waals surface area contributed by atoms with E-state index in [1.165, 1.54) is 11.1 Å². The molecule has 0 fully saturated rings. The van der Waals surface area contributed by atoms with Gasteiger partial charge in [0.2, 0.25) is 0 Å². The van der Waals surface area contributed by atoms with E-state index in [1.54, 1.807) is 13.3 Å². The van der Waals surface area contributed by atoms with Crippen LogP contribution in [0.1, 0.15) is 11.1 Å². The number of benzene rings is 2. The zero-order valence-electron chi connectivity index (χ0n) is 13.7. The van der Waals surface area contributed by atoms with Gasteiger partial charge < -0.3 is 15.4 Å². The third kappa shape index (κ3) is 3.46. The van der Waals surface area contributed by atoms with Crippen molar-refractivity contribution in [1.29, 1.82) is 0 Å². The first-order valence-corrected chi connectivity index (χ1v) is 8.11. The number of rotatable bonds is 4.